The normalized spacial score (nSPS) is 10.9. The van der Waals surface area contributed by atoms with Gasteiger partial charge < -0.3 is 4.74 Å². The van der Waals surface area contributed by atoms with Crippen molar-refractivity contribution in [3.8, 4) is 22.8 Å². The van der Waals surface area contributed by atoms with Gasteiger partial charge in [-0.15, -0.1) is 0 Å². The highest BCUT2D eigenvalue weighted by molar-refractivity contribution is 5.84. The first-order chi connectivity index (χ1) is 14.7. The molecule has 0 radical (unpaired) electrons. The molecule has 0 aliphatic heterocycles. The van der Waals surface area contributed by atoms with Crippen molar-refractivity contribution in [3.63, 3.8) is 0 Å². The highest BCUT2D eigenvalue weighted by Crippen LogP contribution is 2.36. The first-order valence-corrected chi connectivity index (χ1v) is 9.21. The fourth-order valence-corrected chi connectivity index (χ4v) is 3.28. The molecule has 0 amide bonds. The van der Waals surface area contributed by atoms with Gasteiger partial charge in [-0.25, -0.2) is 4.98 Å². The van der Waals surface area contributed by atoms with Crippen LogP contribution in [0.1, 0.15) is 0 Å². The lowest BCUT2D eigenvalue weighted by Gasteiger charge is -2.10. The summed E-state index contributed by atoms with van der Waals surface area (Å²) in [6.07, 6.45) is 3.27. The van der Waals surface area contributed by atoms with Crippen LogP contribution in [-0.4, -0.2) is 19.9 Å². The fourth-order valence-electron chi connectivity index (χ4n) is 3.28. The average molecular weight is 394 g/mol. The van der Waals surface area contributed by atoms with Crippen LogP contribution in [-0.2, 0) is 0 Å². The van der Waals surface area contributed by atoms with Gasteiger partial charge in [-0.2, -0.15) is 0 Å². The van der Waals surface area contributed by atoms with Crippen LogP contribution in [0.5, 0.6) is 11.5 Å². The highest BCUT2D eigenvalue weighted by atomic mass is 16.6. The van der Waals surface area contributed by atoms with Crippen LogP contribution in [0.2, 0.25) is 0 Å². The predicted molar refractivity (Wildman–Crippen MR) is 113 cm³/mol. The molecule has 0 fully saturated rings. The number of nitrogens with zero attached hydrogens (tertiary/aromatic N) is 4. The smallest absolute Gasteiger partial charge is 0.312 e. The lowest BCUT2D eigenvalue weighted by Crippen LogP contribution is -1.96. The maximum atomic E-state index is 11.7. The van der Waals surface area contributed by atoms with E-state index >= 15 is 0 Å². The number of nitro benzene ring substituents is 1. The van der Waals surface area contributed by atoms with Crippen molar-refractivity contribution >= 4 is 27.6 Å². The summed E-state index contributed by atoms with van der Waals surface area (Å²) in [5.41, 5.74) is 3.10. The molecule has 0 aliphatic rings. The second kappa shape index (κ2) is 7.21. The van der Waals surface area contributed by atoms with Gasteiger partial charge in [0.15, 0.2) is 5.75 Å². The SMILES string of the molecule is O=[N+]([O-])c1cc(-c2cnc3ccccc3n2)ccc1Oc1cccc2cccnc12. The van der Waals surface area contributed by atoms with Gasteiger partial charge in [0.25, 0.3) is 0 Å². The van der Waals surface area contributed by atoms with Gasteiger partial charge in [-0.05, 0) is 36.4 Å². The zero-order chi connectivity index (χ0) is 20.5. The van der Waals surface area contributed by atoms with Crippen LogP contribution >= 0.6 is 0 Å². The number of hydrogen-bond donors (Lipinski definition) is 0. The summed E-state index contributed by atoms with van der Waals surface area (Å²) >= 11 is 0. The second-order valence-electron chi connectivity index (χ2n) is 6.62. The monoisotopic (exact) mass is 394 g/mol. The summed E-state index contributed by atoms with van der Waals surface area (Å²) in [6, 6.07) is 21.4. The lowest BCUT2D eigenvalue weighted by molar-refractivity contribution is -0.385. The van der Waals surface area contributed by atoms with Crippen molar-refractivity contribution < 1.29 is 9.66 Å². The maximum Gasteiger partial charge on any atom is 0.312 e. The van der Waals surface area contributed by atoms with Crippen LogP contribution in [0.3, 0.4) is 0 Å². The molecule has 30 heavy (non-hydrogen) atoms. The van der Waals surface area contributed by atoms with E-state index in [-0.39, 0.29) is 11.4 Å². The molecule has 0 spiro atoms. The van der Waals surface area contributed by atoms with Crippen molar-refractivity contribution in [2.24, 2.45) is 0 Å². The molecular formula is C23H14N4O3. The molecule has 0 unspecified atom stereocenters. The second-order valence-corrected chi connectivity index (χ2v) is 6.62. The summed E-state index contributed by atoms with van der Waals surface area (Å²) in [5, 5.41) is 12.6. The Hall–Kier alpha value is -4.39. The van der Waals surface area contributed by atoms with Gasteiger partial charge in [-0.3, -0.25) is 20.1 Å². The molecule has 0 aliphatic carbocycles. The van der Waals surface area contributed by atoms with E-state index in [0.29, 0.717) is 22.5 Å². The molecule has 0 saturated carbocycles. The lowest BCUT2D eigenvalue weighted by atomic mass is 10.1. The van der Waals surface area contributed by atoms with Gasteiger partial charge in [-0.1, -0.05) is 30.3 Å². The summed E-state index contributed by atoms with van der Waals surface area (Å²) < 4.78 is 5.90. The number of rotatable bonds is 4. The molecule has 0 N–H and O–H groups in total. The van der Waals surface area contributed by atoms with E-state index in [1.807, 2.05) is 48.5 Å². The fraction of sp³-hybridized carbons (Fsp3) is 0. The number of para-hydroxylation sites is 3. The highest BCUT2D eigenvalue weighted by Gasteiger charge is 2.19. The molecule has 5 aromatic rings. The van der Waals surface area contributed by atoms with Crippen LogP contribution < -0.4 is 4.74 Å². The Morgan fingerprint density at radius 3 is 2.53 bits per heavy atom. The summed E-state index contributed by atoms with van der Waals surface area (Å²) in [7, 11) is 0. The maximum absolute atomic E-state index is 11.7. The molecule has 2 aromatic heterocycles. The van der Waals surface area contributed by atoms with E-state index in [4.69, 9.17) is 4.74 Å². The minimum Gasteiger partial charge on any atom is -0.448 e. The topological polar surface area (TPSA) is 91.0 Å². The Morgan fingerprint density at radius 1 is 0.833 bits per heavy atom. The van der Waals surface area contributed by atoms with Crippen molar-refractivity contribution in [2.75, 3.05) is 0 Å². The molecular weight excluding hydrogens is 380 g/mol. The third kappa shape index (κ3) is 3.18. The van der Waals surface area contributed by atoms with Gasteiger partial charge >= 0.3 is 5.69 Å². The van der Waals surface area contributed by atoms with Gasteiger partial charge in [0.1, 0.15) is 5.52 Å². The number of hydrogen-bond acceptors (Lipinski definition) is 6. The Bertz CT molecular complexity index is 1410. The van der Waals surface area contributed by atoms with E-state index in [9.17, 15) is 10.1 Å². The van der Waals surface area contributed by atoms with E-state index in [0.717, 1.165) is 16.4 Å². The third-order valence-electron chi connectivity index (χ3n) is 4.72. The first-order valence-electron chi connectivity index (χ1n) is 9.21. The Labute approximate surface area is 170 Å². The number of pyridine rings is 1. The predicted octanol–water partition coefficient (Wildman–Crippen LogP) is 5.55. The zero-order valence-electron chi connectivity index (χ0n) is 15.6. The van der Waals surface area contributed by atoms with Crippen LogP contribution in [0.15, 0.2) is 85.2 Å². The molecule has 2 heterocycles. The van der Waals surface area contributed by atoms with E-state index in [2.05, 4.69) is 15.0 Å². The molecule has 7 nitrogen and oxygen atoms in total. The van der Waals surface area contributed by atoms with E-state index < -0.39 is 4.92 Å². The summed E-state index contributed by atoms with van der Waals surface area (Å²) in [5.74, 6) is 0.588. The van der Waals surface area contributed by atoms with Crippen LogP contribution in [0.25, 0.3) is 33.2 Å². The number of nitro groups is 1. The van der Waals surface area contributed by atoms with Gasteiger partial charge in [0, 0.05) is 23.2 Å². The average Bonchev–Trinajstić information content (AvgIpc) is 2.79. The Balaban J connectivity index is 1.57. The van der Waals surface area contributed by atoms with Crippen molar-refractivity contribution in [3.05, 3.63) is 95.3 Å². The molecule has 144 valence electrons. The van der Waals surface area contributed by atoms with Crippen molar-refractivity contribution in [2.45, 2.75) is 0 Å². The number of ether oxygens (including phenoxy) is 1. The van der Waals surface area contributed by atoms with Crippen LogP contribution in [0, 0.1) is 10.1 Å². The van der Waals surface area contributed by atoms with Crippen molar-refractivity contribution in [1.29, 1.82) is 0 Å². The Kier molecular flexibility index (Phi) is 4.25. The largest absolute Gasteiger partial charge is 0.448 e. The van der Waals surface area contributed by atoms with Gasteiger partial charge in [0.05, 0.1) is 27.8 Å². The van der Waals surface area contributed by atoms with E-state index in [1.165, 1.54) is 6.07 Å². The molecule has 0 bridgehead atoms. The number of benzene rings is 3. The molecule has 5 rings (SSSR count). The summed E-state index contributed by atoms with van der Waals surface area (Å²) in [4.78, 5) is 24.6. The minimum absolute atomic E-state index is 0.135. The van der Waals surface area contributed by atoms with Crippen LogP contribution in [0.4, 0.5) is 5.69 Å². The number of fused-ring (bicyclic) bond motifs is 2. The van der Waals surface area contributed by atoms with Gasteiger partial charge in [0.2, 0.25) is 5.75 Å². The van der Waals surface area contributed by atoms with Crippen molar-refractivity contribution in [1.82, 2.24) is 15.0 Å². The Morgan fingerprint density at radius 2 is 1.67 bits per heavy atom. The minimum atomic E-state index is -0.466. The number of aromatic nitrogens is 3. The van der Waals surface area contributed by atoms with E-state index in [1.54, 1.807) is 30.6 Å². The molecule has 3 aromatic carbocycles. The third-order valence-corrected chi connectivity index (χ3v) is 4.72. The standard InChI is InChI=1S/C23H14N4O3/c28-27(29)20-13-16(19-14-25-17-7-1-2-8-18(17)26-19)10-11-21(20)30-22-9-3-5-15-6-4-12-24-23(15)22/h1-14H. The molecule has 7 heteroatoms. The molecule has 0 saturated heterocycles. The zero-order valence-corrected chi connectivity index (χ0v) is 15.6. The quantitative estimate of drug-likeness (QED) is 0.293. The molecule has 0 atom stereocenters. The summed E-state index contributed by atoms with van der Waals surface area (Å²) in [6.45, 7) is 0. The first kappa shape index (κ1) is 17.7.